The fourth-order valence-corrected chi connectivity index (χ4v) is 2.31. The molecule has 0 bridgehead atoms. The van der Waals surface area contributed by atoms with Crippen LogP contribution in [0.1, 0.15) is 38.3 Å². The highest BCUT2D eigenvalue weighted by atomic mass is 16.1. The molecule has 1 fully saturated rings. The maximum Gasteiger partial charge on any atom is 0.144 e. The van der Waals surface area contributed by atoms with Crippen LogP contribution in [0.5, 0.6) is 0 Å². The van der Waals surface area contributed by atoms with E-state index in [9.17, 15) is 4.79 Å². The molecule has 0 spiro atoms. The van der Waals surface area contributed by atoms with Gasteiger partial charge in [0.2, 0.25) is 0 Å². The Morgan fingerprint density at radius 2 is 2.13 bits per heavy atom. The largest absolute Gasteiger partial charge is 0.299 e. The first-order valence-corrected chi connectivity index (χ1v) is 5.64. The summed E-state index contributed by atoms with van der Waals surface area (Å²) in [5.41, 5.74) is 0.827. The third-order valence-corrected chi connectivity index (χ3v) is 3.45. The molecule has 2 nitrogen and oxygen atoms in total. The summed E-state index contributed by atoms with van der Waals surface area (Å²) in [6.07, 6.45) is 6.75. The van der Waals surface area contributed by atoms with Crippen LogP contribution in [-0.2, 0) is 11.2 Å². The van der Waals surface area contributed by atoms with Gasteiger partial charge in [-0.25, -0.2) is 0 Å². The van der Waals surface area contributed by atoms with Crippen LogP contribution < -0.4 is 0 Å². The van der Waals surface area contributed by atoms with Crippen molar-refractivity contribution in [1.29, 1.82) is 0 Å². The molecular formula is C13H17NO. The Labute approximate surface area is 90.7 Å². The van der Waals surface area contributed by atoms with Crippen molar-refractivity contribution in [3.63, 3.8) is 0 Å². The van der Waals surface area contributed by atoms with Crippen molar-refractivity contribution in [2.75, 3.05) is 0 Å². The van der Waals surface area contributed by atoms with Gasteiger partial charge in [0.25, 0.3) is 0 Å². The summed E-state index contributed by atoms with van der Waals surface area (Å²) < 4.78 is 0. The Kier molecular flexibility index (Phi) is 2.85. The number of ketones is 1. The SMILES string of the molecule is CC1(C(=O)Cc2ccccn2)CCCC1. The Morgan fingerprint density at radius 1 is 1.40 bits per heavy atom. The molecule has 1 aromatic rings. The molecule has 0 amide bonds. The molecule has 0 saturated heterocycles. The molecule has 1 heterocycles. The molecule has 80 valence electrons. The van der Waals surface area contributed by atoms with Crippen LogP contribution in [0.2, 0.25) is 0 Å². The van der Waals surface area contributed by atoms with Crippen molar-refractivity contribution in [2.24, 2.45) is 5.41 Å². The summed E-state index contributed by atoms with van der Waals surface area (Å²) >= 11 is 0. The van der Waals surface area contributed by atoms with Gasteiger partial charge >= 0.3 is 0 Å². The van der Waals surface area contributed by atoms with Crippen molar-refractivity contribution in [3.05, 3.63) is 30.1 Å². The fourth-order valence-electron chi connectivity index (χ4n) is 2.31. The zero-order chi connectivity index (χ0) is 10.7. The monoisotopic (exact) mass is 203 g/mol. The Morgan fingerprint density at radius 3 is 2.73 bits per heavy atom. The van der Waals surface area contributed by atoms with Gasteiger partial charge in [0, 0.05) is 23.7 Å². The maximum atomic E-state index is 12.1. The van der Waals surface area contributed by atoms with Crippen LogP contribution >= 0.6 is 0 Å². The highest BCUT2D eigenvalue weighted by molar-refractivity contribution is 5.86. The van der Waals surface area contributed by atoms with Crippen LogP contribution in [0.25, 0.3) is 0 Å². The van der Waals surface area contributed by atoms with Gasteiger partial charge in [-0.05, 0) is 25.0 Å². The lowest BCUT2D eigenvalue weighted by molar-refractivity contribution is -0.127. The minimum Gasteiger partial charge on any atom is -0.299 e. The predicted octanol–water partition coefficient (Wildman–Crippen LogP) is 2.77. The summed E-state index contributed by atoms with van der Waals surface area (Å²) in [5.74, 6) is 0.360. The van der Waals surface area contributed by atoms with Gasteiger partial charge in [0.1, 0.15) is 5.78 Å². The van der Waals surface area contributed by atoms with Crippen LogP contribution in [0.15, 0.2) is 24.4 Å². The highest BCUT2D eigenvalue weighted by Gasteiger charge is 2.35. The van der Waals surface area contributed by atoms with Crippen LogP contribution in [0.4, 0.5) is 0 Å². The van der Waals surface area contributed by atoms with E-state index in [0.717, 1.165) is 18.5 Å². The summed E-state index contributed by atoms with van der Waals surface area (Å²) in [6.45, 7) is 2.10. The van der Waals surface area contributed by atoms with Gasteiger partial charge in [-0.2, -0.15) is 0 Å². The van der Waals surface area contributed by atoms with Crippen molar-refractivity contribution in [3.8, 4) is 0 Å². The molecule has 0 radical (unpaired) electrons. The van der Waals surface area contributed by atoms with Crippen molar-refractivity contribution < 1.29 is 4.79 Å². The van der Waals surface area contributed by atoms with E-state index in [1.54, 1.807) is 6.20 Å². The Bertz CT molecular complexity index is 339. The molecule has 0 aromatic carbocycles. The van der Waals surface area contributed by atoms with Crippen LogP contribution in [-0.4, -0.2) is 10.8 Å². The zero-order valence-electron chi connectivity index (χ0n) is 9.20. The predicted molar refractivity (Wildman–Crippen MR) is 59.5 cm³/mol. The summed E-state index contributed by atoms with van der Waals surface area (Å²) in [7, 11) is 0. The van der Waals surface area contributed by atoms with E-state index < -0.39 is 0 Å². The lowest BCUT2D eigenvalue weighted by Crippen LogP contribution is -2.26. The van der Waals surface area contributed by atoms with Gasteiger partial charge in [-0.1, -0.05) is 25.8 Å². The molecular weight excluding hydrogens is 186 g/mol. The van der Waals surface area contributed by atoms with E-state index in [1.165, 1.54) is 12.8 Å². The van der Waals surface area contributed by atoms with E-state index >= 15 is 0 Å². The average Bonchev–Trinajstić information content (AvgIpc) is 2.68. The minimum atomic E-state index is -0.0719. The number of nitrogens with zero attached hydrogens (tertiary/aromatic N) is 1. The number of hydrogen-bond donors (Lipinski definition) is 0. The van der Waals surface area contributed by atoms with E-state index in [-0.39, 0.29) is 5.41 Å². The smallest absolute Gasteiger partial charge is 0.144 e. The zero-order valence-corrected chi connectivity index (χ0v) is 9.20. The molecule has 0 unspecified atom stereocenters. The molecule has 0 atom stereocenters. The summed E-state index contributed by atoms with van der Waals surface area (Å²) in [6, 6.07) is 5.74. The third kappa shape index (κ3) is 2.25. The number of hydrogen-bond acceptors (Lipinski definition) is 2. The topological polar surface area (TPSA) is 30.0 Å². The van der Waals surface area contributed by atoms with Gasteiger partial charge in [0.15, 0.2) is 0 Å². The second-order valence-electron chi connectivity index (χ2n) is 4.69. The number of carbonyl (C=O) groups is 1. The molecule has 0 N–H and O–H groups in total. The molecule has 1 aliphatic rings. The molecule has 1 aliphatic carbocycles. The first kappa shape index (κ1) is 10.3. The Hall–Kier alpha value is -1.18. The third-order valence-electron chi connectivity index (χ3n) is 3.45. The minimum absolute atomic E-state index is 0.0719. The van der Waals surface area contributed by atoms with E-state index in [4.69, 9.17) is 0 Å². The van der Waals surface area contributed by atoms with Gasteiger partial charge in [0.05, 0.1) is 0 Å². The van der Waals surface area contributed by atoms with Crippen molar-refractivity contribution in [1.82, 2.24) is 4.98 Å². The van der Waals surface area contributed by atoms with E-state index in [1.807, 2.05) is 18.2 Å². The molecule has 15 heavy (non-hydrogen) atoms. The average molecular weight is 203 g/mol. The fraction of sp³-hybridized carbons (Fsp3) is 0.538. The number of carbonyl (C=O) groups excluding carboxylic acids is 1. The van der Waals surface area contributed by atoms with Crippen molar-refractivity contribution >= 4 is 5.78 Å². The van der Waals surface area contributed by atoms with Gasteiger partial charge in [-0.3, -0.25) is 9.78 Å². The molecule has 2 heteroatoms. The highest BCUT2D eigenvalue weighted by Crippen LogP contribution is 2.38. The lowest BCUT2D eigenvalue weighted by Gasteiger charge is -2.21. The first-order valence-electron chi connectivity index (χ1n) is 5.64. The molecule has 1 saturated carbocycles. The number of aromatic nitrogens is 1. The molecule has 1 aromatic heterocycles. The first-order chi connectivity index (χ1) is 7.21. The maximum absolute atomic E-state index is 12.1. The van der Waals surface area contributed by atoms with Gasteiger partial charge < -0.3 is 0 Å². The van der Waals surface area contributed by atoms with E-state index in [0.29, 0.717) is 12.2 Å². The van der Waals surface area contributed by atoms with E-state index in [2.05, 4.69) is 11.9 Å². The molecule has 2 rings (SSSR count). The molecule has 0 aliphatic heterocycles. The number of pyridine rings is 1. The lowest BCUT2D eigenvalue weighted by atomic mass is 9.82. The van der Waals surface area contributed by atoms with Gasteiger partial charge in [-0.15, -0.1) is 0 Å². The van der Waals surface area contributed by atoms with Crippen LogP contribution in [0, 0.1) is 5.41 Å². The Balaban J connectivity index is 2.04. The van der Waals surface area contributed by atoms with Crippen molar-refractivity contribution in [2.45, 2.75) is 39.0 Å². The van der Waals surface area contributed by atoms with Crippen LogP contribution in [0.3, 0.4) is 0 Å². The quantitative estimate of drug-likeness (QED) is 0.756. The number of rotatable bonds is 3. The second-order valence-corrected chi connectivity index (χ2v) is 4.69. The normalized spacial score (nSPS) is 19.0. The summed E-state index contributed by atoms with van der Waals surface area (Å²) in [5, 5.41) is 0. The summed E-state index contributed by atoms with van der Waals surface area (Å²) in [4.78, 5) is 16.3. The second kappa shape index (κ2) is 4.13. The standard InChI is InChI=1S/C13H17NO/c1-13(7-3-4-8-13)12(15)10-11-6-2-5-9-14-11/h2,5-6,9H,3-4,7-8,10H2,1H3. The number of Topliss-reactive ketones (excluding diaryl/α,β-unsaturated/α-hetero) is 1.